The third-order valence-electron chi connectivity index (χ3n) is 2.69. The minimum absolute atomic E-state index is 0.0966. The molecule has 1 atom stereocenters. The molecule has 0 aliphatic heterocycles. The van der Waals surface area contributed by atoms with Crippen LogP contribution in [0.1, 0.15) is 18.5 Å². The molecule has 0 aliphatic rings. The van der Waals surface area contributed by atoms with Crippen LogP contribution in [0.5, 0.6) is 0 Å². The lowest BCUT2D eigenvalue weighted by Gasteiger charge is -2.15. The Morgan fingerprint density at radius 1 is 1.30 bits per heavy atom. The molecule has 1 unspecified atom stereocenters. The first-order chi connectivity index (χ1) is 9.38. The number of sulfonamides is 1. The van der Waals surface area contributed by atoms with Crippen molar-refractivity contribution in [1.82, 2.24) is 9.71 Å². The van der Waals surface area contributed by atoms with Gasteiger partial charge in [0.2, 0.25) is 10.0 Å². The van der Waals surface area contributed by atoms with Crippen LogP contribution < -0.4 is 4.72 Å². The zero-order valence-electron chi connectivity index (χ0n) is 10.5. The fourth-order valence-corrected chi connectivity index (χ4v) is 3.60. The van der Waals surface area contributed by atoms with E-state index in [-0.39, 0.29) is 16.1 Å². The van der Waals surface area contributed by atoms with Crippen LogP contribution in [0.2, 0.25) is 5.15 Å². The summed E-state index contributed by atoms with van der Waals surface area (Å²) < 4.78 is 28.0. The van der Waals surface area contributed by atoms with E-state index in [0.29, 0.717) is 0 Å². The van der Waals surface area contributed by atoms with Crippen molar-refractivity contribution < 1.29 is 8.42 Å². The van der Waals surface area contributed by atoms with Gasteiger partial charge in [-0.25, -0.2) is 18.1 Å². The van der Waals surface area contributed by atoms with Crippen molar-refractivity contribution in [3.63, 3.8) is 0 Å². The summed E-state index contributed by atoms with van der Waals surface area (Å²) in [5.41, 5.74) is 0.864. The first-order valence-corrected chi connectivity index (χ1v) is 8.43. The molecular formula is C13H12BrClN2O2S. The summed E-state index contributed by atoms with van der Waals surface area (Å²) in [4.78, 5) is 3.87. The third-order valence-corrected chi connectivity index (χ3v) is 4.93. The van der Waals surface area contributed by atoms with Crippen LogP contribution >= 0.6 is 27.5 Å². The van der Waals surface area contributed by atoms with Crippen LogP contribution in [0.3, 0.4) is 0 Å². The van der Waals surface area contributed by atoms with Gasteiger partial charge >= 0.3 is 0 Å². The number of aromatic nitrogens is 1. The van der Waals surface area contributed by atoms with Crippen LogP contribution in [0.15, 0.2) is 52.0 Å². The lowest BCUT2D eigenvalue weighted by atomic mass is 10.1. The lowest BCUT2D eigenvalue weighted by molar-refractivity contribution is 0.566. The summed E-state index contributed by atoms with van der Waals surface area (Å²) in [6, 6.07) is 9.83. The van der Waals surface area contributed by atoms with Gasteiger partial charge in [0.1, 0.15) is 5.15 Å². The predicted octanol–water partition coefficient (Wildman–Crippen LogP) is 3.54. The average Bonchev–Trinajstić information content (AvgIpc) is 2.38. The maximum absolute atomic E-state index is 12.2. The van der Waals surface area contributed by atoms with E-state index in [1.807, 2.05) is 24.3 Å². The van der Waals surface area contributed by atoms with Crippen molar-refractivity contribution in [2.75, 3.05) is 0 Å². The van der Waals surface area contributed by atoms with Crippen LogP contribution in [0.4, 0.5) is 0 Å². The summed E-state index contributed by atoms with van der Waals surface area (Å²) >= 11 is 9.08. The molecule has 1 N–H and O–H groups in total. The largest absolute Gasteiger partial charge is 0.244 e. The maximum Gasteiger partial charge on any atom is 0.241 e. The molecule has 1 aromatic heterocycles. The predicted molar refractivity (Wildman–Crippen MR) is 82.1 cm³/mol. The molecule has 2 rings (SSSR count). The SMILES string of the molecule is CC(NS(=O)(=O)c1ccnc(Cl)c1)c1cccc(Br)c1. The van der Waals surface area contributed by atoms with Gasteiger partial charge in [-0.15, -0.1) is 0 Å². The number of nitrogens with one attached hydrogen (secondary N) is 1. The quantitative estimate of drug-likeness (QED) is 0.832. The molecule has 0 bridgehead atoms. The second-order valence-corrected chi connectivity index (χ2v) is 7.23. The van der Waals surface area contributed by atoms with Crippen molar-refractivity contribution in [3.8, 4) is 0 Å². The molecule has 7 heteroatoms. The molecule has 1 heterocycles. The Balaban J connectivity index is 2.24. The van der Waals surface area contributed by atoms with Gasteiger partial charge in [-0.1, -0.05) is 39.7 Å². The second kappa shape index (κ2) is 6.22. The summed E-state index contributed by atoms with van der Waals surface area (Å²) in [6.07, 6.45) is 1.36. The van der Waals surface area contributed by atoms with E-state index in [1.54, 1.807) is 6.92 Å². The fourth-order valence-electron chi connectivity index (χ4n) is 1.70. The number of hydrogen-bond donors (Lipinski definition) is 1. The van der Waals surface area contributed by atoms with E-state index >= 15 is 0 Å². The van der Waals surface area contributed by atoms with Gasteiger partial charge in [0.15, 0.2) is 0 Å². The van der Waals surface area contributed by atoms with E-state index in [0.717, 1.165) is 10.0 Å². The van der Waals surface area contributed by atoms with Gasteiger partial charge in [-0.05, 0) is 36.8 Å². The molecular weight excluding hydrogens is 364 g/mol. The summed E-state index contributed by atoms with van der Waals surface area (Å²) in [5, 5.41) is 0.142. The molecule has 20 heavy (non-hydrogen) atoms. The number of halogens is 2. The minimum Gasteiger partial charge on any atom is -0.244 e. The number of nitrogens with zero attached hydrogens (tertiary/aromatic N) is 1. The highest BCUT2D eigenvalue weighted by Gasteiger charge is 2.18. The summed E-state index contributed by atoms with van der Waals surface area (Å²) in [5.74, 6) is 0. The van der Waals surface area contributed by atoms with Gasteiger partial charge in [-0.3, -0.25) is 0 Å². The van der Waals surface area contributed by atoms with Gasteiger partial charge in [0.25, 0.3) is 0 Å². The van der Waals surface area contributed by atoms with Gasteiger partial charge in [0.05, 0.1) is 4.90 Å². The minimum atomic E-state index is -3.63. The molecule has 0 fully saturated rings. The van der Waals surface area contributed by atoms with E-state index in [9.17, 15) is 8.42 Å². The van der Waals surface area contributed by atoms with E-state index in [1.165, 1.54) is 18.3 Å². The van der Waals surface area contributed by atoms with Crippen LogP contribution in [0.25, 0.3) is 0 Å². The highest BCUT2D eigenvalue weighted by atomic mass is 79.9. The van der Waals surface area contributed by atoms with E-state index in [4.69, 9.17) is 11.6 Å². The van der Waals surface area contributed by atoms with Gasteiger partial charge in [0, 0.05) is 16.7 Å². The molecule has 0 saturated heterocycles. The van der Waals surface area contributed by atoms with E-state index < -0.39 is 10.0 Å². The molecule has 0 spiro atoms. The molecule has 2 aromatic rings. The number of rotatable bonds is 4. The number of pyridine rings is 1. The number of hydrogen-bond acceptors (Lipinski definition) is 3. The molecule has 106 valence electrons. The van der Waals surface area contributed by atoms with E-state index in [2.05, 4.69) is 25.6 Å². The van der Waals surface area contributed by atoms with Crippen LogP contribution in [-0.4, -0.2) is 13.4 Å². The van der Waals surface area contributed by atoms with Crippen molar-refractivity contribution >= 4 is 37.6 Å². The molecule has 0 radical (unpaired) electrons. The van der Waals surface area contributed by atoms with Crippen molar-refractivity contribution in [1.29, 1.82) is 0 Å². The summed E-state index contributed by atoms with van der Waals surface area (Å²) in [6.45, 7) is 1.78. The highest BCUT2D eigenvalue weighted by Crippen LogP contribution is 2.21. The Kier molecular flexibility index (Phi) is 4.80. The second-order valence-electron chi connectivity index (χ2n) is 4.21. The monoisotopic (exact) mass is 374 g/mol. The Labute approximate surface area is 131 Å². The maximum atomic E-state index is 12.2. The standard InChI is InChI=1S/C13H12BrClN2O2S/c1-9(10-3-2-4-11(14)7-10)17-20(18,19)12-5-6-16-13(15)8-12/h2-9,17H,1H3. The molecule has 0 amide bonds. The summed E-state index contributed by atoms with van der Waals surface area (Å²) in [7, 11) is -3.63. The molecule has 1 aromatic carbocycles. The fraction of sp³-hybridized carbons (Fsp3) is 0.154. The first kappa shape index (κ1) is 15.4. The van der Waals surface area contributed by atoms with Gasteiger partial charge in [-0.2, -0.15) is 0 Å². The first-order valence-electron chi connectivity index (χ1n) is 5.78. The zero-order valence-corrected chi connectivity index (χ0v) is 13.7. The topological polar surface area (TPSA) is 59.1 Å². The molecule has 4 nitrogen and oxygen atoms in total. The Bertz CT molecular complexity index is 722. The van der Waals surface area contributed by atoms with Crippen LogP contribution in [-0.2, 0) is 10.0 Å². The van der Waals surface area contributed by atoms with Crippen molar-refractivity contribution in [2.45, 2.75) is 17.9 Å². The van der Waals surface area contributed by atoms with Crippen molar-refractivity contribution in [3.05, 3.63) is 57.8 Å². The van der Waals surface area contributed by atoms with Crippen molar-refractivity contribution in [2.24, 2.45) is 0 Å². The molecule has 0 aliphatic carbocycles. The van der Waals surface area contributed by atoms with Crippen LogP contribution in [0, 0.1) is 0 Å². The lowest BCUT2D eigenvalue weighted by Crippen LogP contribution is -2.26. The average molecular weight is 376 g/mol. The normalized spacial score (nSPS) is 13.2. The Morgan fingerprint density at radius 3 is 2.70 bits per heavy atom. The Morgan fingerprint density at radius 2 is 2.05 bits per heavy atom. The molecule has 0 saturated carbocycles. The van der Waals surface area contributed by atoms with Gasteiger partial charge < -0.3 is 0 Å². The third kappa shape index (κ3) is 3.79. The highest BCUT2D eigenvalue weighted by molar-refractivity contribution is 9.10. The Hall–Kier alpha value is -0.950. The zero-order chi connectivity index (χ0) is 14.8. The smallest absolute Gasteiger partial charge is 0.241 e. The number of benzene rings is 1.